The van der Waals surface area contributed by atoms with Crippen molar-refractivity contribution in [3.63, 3.8) is 0 Å². The Morgan fingerprint density at radius 1 is 1.12 bits per heavy atom. The predicted octanol–water partition coefficient (Wildman–Crippen LogP) is 2.41. The van der Waals surface area contributed by atoms with Crippen LogP contribution < -0.4 is 0 Å². The van der Waals surface area contributed by atoms with Crippen LogP contribution in [0.1, 0.15) is 28.8 Å². The van der Waals surface area contributed by atoms with Gasteiger partial charge in [0.2, 0.25) is 0 Å². The van der Waals surface area contributed by atoms with E-state index in [0.717, 1.165) is 42.7 Å². The third-order valence-corrected chi connectivity index (χ3v) is 4.95. The fraction of sp³-hybridized carbons (Fsp3) is 0.474. The number of rotatable bonds is 3. The van der Waals surface area contributed by atoms with Gasteiger partial charge in [-0.15, -0.1) is 0 Å². The minimum Gasteiger partial charge on any atom is -0.350 e. The van der Waals surface area contributed by atoms with E-state index in [1.165, 1.54) is 0 Å². The quantitative estimate of drug-likeness (QED) is 0.860. The number of likely N-dealkylation sites (tertiary alicyclic amines) is 1. The number of nitrogens with zero attached hydrogens (tertiary/aromatic N) is 3. The van der Waals surface area contributed by atoms with E-state index < -0.39 is 0 Å². The molecule has 2 fully saturated rings. The molecule has 2 saturated heterocycles. The second-order valence-electron chi connectivity index (χ2n) is 6.75. The van der Waals surface area contributed by atoms with Gasteiger partial charge in [0.15, 0.2) is 6.29 Å². The number of carbonyl (C=O) groups excluding carboxylic acids is 1. The van der Waals surface area contributed by atoms with E-state index in [1.54, 1.807) is 0 Å². The maximum Gasteiger partial charge on any atom is 0.253 e. The standard InChI is InChI=1S/C19H23N3O3/c1-14-12-20-22(13-14)17-4-2-15(3-5-17)18(23)21-8-6-16(7-9-21)19-24-10-11-25-19/h2-5,12-13,16,19H,6-11H2,1H3. The predicted molar refractivity (Wildman–Crippen MR) is 92.6 cm³/mol. The number of aromatic nitrogens is 2. The topological polar surface area (TPSA) is 56.6 Å². The Morgan fingerprint density at radius 3 is 2.40 bits per heavy atom. The number of hydrogen-bond donors (Lipinski definition) is 0. The molecular formula is C19H23N3O3. The van der Waals surface area contributed by atoms with Crippen molar-refractivity contribution in [1.82, 2.24) is 14.7 Å². The van der Waals surface area contributed by atoms with E-state index in [-0.39, 0.29) is 12.2 Å². The summed E-state index contributed by atoms with van der Waals surface area (Å²) < 4.78 is 13.0. The molecule has 0 unspecified atom stereocenters. The van der Waals surface area contributed by atoms with Gasteiger partial charge in [-0.3, -0.25) is 4.79 Å². The number of piperidine rings is 1. The first-order valence-corrected chi connectivity index (χ1v) is 8.85. The summed E-state index contributed by atoms with van der Waals surface area (Å²) in [6.07, 6.45) is 5.58. The Hall–Kier alpha value is -2.18. The van der Waals surface area contributed by atoms with Crippen LogP contribution in [0.25, 0.3) is 5.69 Å². The number of benzene rings is 1. The molecule has 25 heavy (non-hydrogen) atoms. The summed E-state index contributed by atoms with van der Waals surface area (Å²) in [7, 11) is 0. The second-order valence-corrected chi connectivity index (χ2v) is 6.75. The summed E-state index contributed by atoms with van der Waals surface area (Å²) in [5.74, 6) is 0.492. The highest BCUT2D eigenvalue weighted by Crippen LogP contribution is 2.26. The number of carbonyl (C=O) groups is 1. The van der Waals surface area contributed by atoms with Crippen molar-refractivity contribution in [2.45, 2.75) is 26.1 Å². The summed E-state index contributed by atoms with van der Waals surface area (Å²) in [4.78, 5) is 14.6. The van der Waals surface area contributed by atoms with Crippen molar-refractivity contribution in [1.29, 1.82) is 0 Å². The lowest BCUT2D eigenvalue weighted by molar-refractivity contribution is -0.0956. The first kappa shape index (κ1) is 16.3. The molecule has 132 valence electrons. The number of aryl methyl sites for hydroxylation is 1. The lowest BCUT2D eigenvalue weighted by Crippen LogP contribution is -2.41. The molecule has 0 saturated carbocycles. The maximum absolute atomic E-state index is 12.7. The van der Waals surface area contributed by atoms with Gasteiger partial charge in [-0.2, -0.15) is 5.10 Å². The van der Waals surface area contributed by atoms with Gasteiger partial charge in [0.25, 0.3) is 5.91 Å². The molecule has 0 radical (unpaired) electrons. The zero-order valence-corrected chi connectivity index (χ0v) is 14.4. The zero-order valence-electron chi connectivity index (χ0n) is 14.4. The molecule has 0 aliphatic carbocycles. The smallest absolute Gasteiger partial charge is 0.253 e. The van der Waals surface area contributed by atoms with Crippen LogP contribution in [-0.4, -0.2) is 53.2 Å². The molecule has 0 spiro atoms. The van der Waals surface area contributed by atoms with Crippen LogP contribution >= 0.6 is 0 Å². The average Bonchev–Trinajstić information content (AvgIpc) is 3.33. The Bertz CT molecular complexity index is 727. The fourth-order valence-electron chi connectivity index (χ4n) is 3.52. The van der Waals surface area contributed by atoms with Gasteiger partial charge in [0.05, 0.1) is 25.1 Å². The van der Waals surface area contributed by atoms with E-state index in [9.17, 15) is 4.79 Å². The van der Waals surface area contributed by atoms with Gasteiger partial charge >= 0.3 is 0 Å². The van der Waals surface area contributed by atoms with Gasteiger partial charge < -0.3 is 14.4 Å². The SMILES string of the molecule is Cc1cnn(-c2ccc(C(=O)N3CCC(C4OCCO4)CC3)cc2)c1. The summed E-state index contributed by atoms with van der Waals surface area (Å²) in [5.41, 5.74) is 2.79. The van der Waals surface area contributed by atoms with Crippen LogP contribution in [0.15, 0.2) is 36.7 Å². The minimum atomic E-state index is -0.0749. The molecule has 4 rings (SSSR count). The summed E-state index contributed by atoms with van der Waals surface area (Å²) in [6, 6.07) is 7.63. The third kappa shape index (κ3) is 3.45. The number of amides is 1. The molecule has 0 atom stereocenters. The highest BCUT2D eigenvalue weighted by Gasteiger charge is 2.31. The Morgan fingerprint density at radius 2 is 1.80 bits per heavy atom. The van der Waals surface area contributed by atoms with Gasteiger partial charge in [-0.1, -0.05) is 0 Å². The fourth-order valence-corrected chi connectivity index (χ4v) is 3.52. The summed E-state index contributed by atoms with van der Waals surface area (Å²) in [5, 5.41) is 4.29. The van der Waals surface area contributed by atoms with E-state index >= 15 is 0 Å². The first-order valence-electron chi connectivity index (χ1n) is 8.85. The normalized spacial score (nSPS) is 19.5. The van der Waals surface area contributed by atoms with Crippen molar-refractivity contribution < 1.29 is 14.3 Å². The van der Waals surface area contributed by atoms with Crippen LogP contribution in [0.3, 0.4) is 0 Å². The molecule has 1 amide bonds. The Labute approximate surface area is 147 Å². The van der Waals surface area contributed by atoms with Crippen LogP contribution in [-0.2, 0) is 9.47 Å². The zero-order chi connectivity index (χ0) is 17.2. The van der Waals surface area contributed by atoms with Gasteiger partial charge in [0.1, 0.15) is 0 Å². The van der Waals surface area contributed by atoms with Crippen LogP contribution in [0.5, 0.6) is 0 Å². The van der Waals surface area contributed by atoms with Gasteiger partial charge in [0, 0.05) is 30.8 Å². The average molecular weight is 341 g/mol. The number of hydrogen-bond acceptors (Lipinski definition) is 4. The molecule has 1 aromatic heterocycles. The van der Waals surface area contributed by atoms with E-state index in [0.29, 0.717) is 19.1 Å². The Kier molecular flexibility index (Phi) is 4.55. The van der Waals surface area contributed by atoms with E-state index in [1.807, 2.05) is 53.2 Å². The van der Waals surface area contributed by atoms with Gasteiger partial charge in [-0.05, 0) is 49.6 Å². The summed E-state index contributed by atoms with van der Waals surface area (Å²) >= 11 is 0. The van der Waals surface area contributed by atoms with E-state index in [4.69, 9.17) is 9.47 Å². The van der Waals surface area contributed by atoms with Crippen molar-refractivity contribution in [3.8, 4) is 5.69 Å². The lowest BCUT2D eigenvalue weighted by atomic mass is 9.95. The highest BCUT2D eigenvalue weighted by atomic mass is 16.7. The largest absolute Gasteiger partial charge is 0.350 e. The van der Waals surface area contributed by atoms with Crippen LogP contribution in [0, 0.1) is 12.8 Å². The second kappa shape index (κ2) is 6.98. The molecule has 2 aromatic rings. The molecular weight excluding hydrogens is 318 g/mol. The lowest BCUT2D eigenvalue weighted by Gasteiger charge is -2.33. The van der Waals surface area contributed by atoms with Crippen LogP contribution in [0.4, 0.5) is 0 Å². The van der Waals surface area contributed by atoms with Crippen molar-refractivity contribution in [3.05, 3.63) is 47.8 Å². The van der Waals surface area contributed by atoms with Crippen molar-refractivity contribution >= 4 is 5.91 Å². The molecule has 0 bridgehead atoms. The van der Waals surface area contributed by atoms with Gasteiger partial charge in [-0.25, -0.2) is 4.68 Å². The van der Waals surface area contributed by atoms with Crippen molar-refractivity contribution in [2.75, 3.05) is 26.3 Å². The molecule has 1 aromatic carbocycles. The number of ether oxygens (including phenoxy) is 2. The van der Waals surface area contributed by atoms with Crippen LogP contribution in [0.2, 0.25) is 0 Å². The summed E-state index contributed by atoms with van der Waals surface area (Å²) in [6.45, 7) is 4.89. The minimum absolute atomic E-state index is 0.0749. The molecule has 6 heteroatoms. The Balaban J connectivity index is 1.38. The molecule has 6 nitrogen and oxygen atoms in total. The first-order chi connectivity index (χ1) is 12.2. The van der Waals surface area contributed by atoms with Crippen molar-refractivity contribution in [2.24, 2.45) is 5.92 Å². The molecule has 2 aliphatic rings. The molecule has 3 heterocycles. The molecule has 0 N–H and O–H groups in total. The van der Waals surface area contributed by atoms with E-state index in [2.05, 4.69) is 5.10 Å². The molecule has 2 aliphatic heterocycles. The monoisotopic (exact) mass is 341 g/mol. The highest BCUT2D eigenvalue weighted by molar-refractivity contribution is 5.94. The third-order valence-electron chi connectivity index (χ3n) is 4.95. The maximum atomic E-state index is 12.7.